The number of fused-ring (bicyclic) bond motifs is 1. The molecule has 0 radical (unpaired) electrons. The Hall–Kier alpha value is -4.58. The van der Waals surface area contributed by atoms with Gasteiger partial charge < -0.3 is 19.7 Å². The molecule has 7 rings (SSSR count). The van der Waals surface area contributed by atoms with E-state index in [9.17, 15) is 14.9 Å². The van der Waals surface area contributed by atoms with E-state index in [1.165, 1.54) is 6.42 Å². The van der Waals surface area contributed by atoms with Crippen molar-refractivity contribution < 1.29 is 9.59 Å². The molecule has 0 unspecified atom stereocenters. The maximum Gasteiger partial charge on any atom is 0.320 e. The first-order valence-electron chi connectivity index (χ1n) is 13.2. The number of piperidine rings is 1. The predicted octanol–water partition coefficient (Wildman–Crippen LogP) is 3.62. The first kappa shape index (κ1) is 22.6. The monoisotopic (exact) mass is 505 g/mol. The number of carbonyl (C=O) groups is 2. The third-order valence-electron chi connectivity index (χ3n) is 8.00. The summed E-state index contributed by atoms with van der Waals surface area (Å²) in [5.74, 6) is -0.132. The molecule has 0 bridgehead atoms. The summed E-state index contributed by atoms with van der Waals surface area (Å²) in [5.41, 5.74) is 6.44. The van der Waals surface area contributed by atoms with Gasteiger partial charge in [-0.1, -0.05) is 6.07 Å². The van der Waals surface area contributed by atoms with Gasteiger partial charge in [0.2, 0.25) is 0 Å². The van der Waals surface area contributed by atoms with E-state index < -0.39 is 0 Å². The zero-order chi connectivity index (χ0) is 25.8. The highest BCUT2D eigenvalue weighted by atomic mass is 16.2. The van der Waals surface area contributed by atoms with E-state index in [0.717, 1.165) is 64.9 Å². The van der Waals surface area contributed by atoms with Crippen molar-refractivity contribution in [1.82, 2.24) is 29.1 Å². The summed E-state index contributed by atoms with van der Waals surface area (Å²) >= 11 is 0. The van der Waals surface area contributed by atoms with E-state index in [4.69, 9.17) is 0 Å². The second-order valence-electron chi connectivity index (χ2n) is 10.2. The number of aromatic nitrogens is 3. The first-order chi connectivity index (χ1) is 18.6. The lowest BCUT2D eigenvalue weighted by Gasteiger charge is -2.32. The molecule has 0 saturated carbocycles. The molecule has 3 aliphatic heterocycles. The highest BCUT2D eigenvalue weighted by molar-refractivity contribution is 6.32. The smallest absolute Gasteiger partial charge is 0.320 e. The van der Waals surface area contributed by atoms with E-state index in [2.05, 4.69) is 20.9 Å². The lowest BCUT2D eigenvalue weighted by atomic mass is 9.97. The fourth-order valence-corrected chi connectivity index (χ4v) is 6.19. The summed E-state index contributed by atoms with van der Waals surface area (Å²) in [4.78, 5) is 35.0. The molecular weight excluding hydrogens is 478 g/mol. The number of rotatable bonds is 2. The standard InChI is InChI=1S/C29H27N7O2/c30-14-19-12-20-17-35(29(38)33-7-3-1-4-8-33)11-10-34-18-23(21(13-19)27(20)34)26-22(15-32-28(26)37)24-16-31-25-6-2-5-9-36(24)25/h2,5-6,9,12-13,16,18H,1,3-4,7-8,10-11,15,17H2,(H,32,37). The Balaban J connectivity index is 1.37. The van der Waals surface area contributed by atoms with Crippen LogP contribution in [0.1, 0.15) is 41.6 Å². The Morgan fingerprint density at radius 2 is 1.92 bits per heavy atom. The number of urea groups is 1. The Labute approximate surface area is 219 Å². The van der Waals surface area contributed by atoms with Gasteiger partial charge in [0.15, 0.2) is 0 Å². The van der Waals surface area contributed by atoms with Crippen molar-refractivity contribution in [1.29, 1.82) is 5.26 Å². The second-order valence-corrected chi connectivity index (χ2v) is 10.2. The molecule has 1 fully saturated rings. The lowest BCUT2D eigenvalue weighted by Crippen LogP contribution is -2.45. The van der Waals surface area contributed by atoms with Gasteiger partial charge in [0.05, 0.1) is 34.6 Å². The highest BCUT2D eigenvalue weighted by Gasteiger charge is 2.32. The van der Waals surface area contributed by atoms with E-state index in [1.54, 1.807) is 0 Å². The number of carbonyl (C=O) groups excluding carboxylic acids is 2. The van der Waals surface area contributed by atoms with Gasteiger partial charge in [-0.15, -0.1) is 0 Å². The maximum absolute atomic E-state index is 13.4. The molecule has 9 heteroatoms. The summed E-state index contributed by atoms with van der Waals surface area (Å²) in [6.45, 7) is 3.64. The van der Waals surface area contributed by atoms with Crippen molar-refractivity contribution in [2.24, 2.45) is 0 Å². The summed E-state index contributed by atoms with van der Waals surface area (Å²) in [5, 5.41) is 13.7. The fraction of sp³-hybridized carbons (Fsp3) is 0.310. The van der Waals surface area contributed by atoms with Gasteiger partial charge >= 0.3 is 6.03 Å². The Morgan fingerprint density at radius 1 is 1.05 bits per heavy atom. The topological polar surface area (TPSA) is 98.7 Å². The molecule has 1 saturated heterocycles. The summed E-state index contributed by atoms with van der Waals surface area (Å²) in [6.07, 6.45) is 9.04. The molecule has 3 amide bonds. The normalized spacial score (nSPS) is 17.7. The van der Waals surface area contributed by atoms with Crippen molar-refractivity contribution >= 4 is 39.6 Å². The molecule has 1 N–H and O–H groups in total. The molecule has 190 valence electrons. The van der Waals surface area contributed by atoms with Gasteiger partial charge in [-0.2, -0.15) is 5.26 Å². The van der Waals surface area contributed by atoms with Crippen molar-refractivity contribution in [2.75, 3.05) is 26.2 Å². The van der Waals surface area contributed by atoms with E-state index >= 15 is 0 Å². The van der Waals surface area contributed by atoms with Gasteiger partial charge in [0.25, 0.3) is 5.91 Å². The van der Waals surface area contributed by atoms with Crippen LogP contribution >= 0.6 is 0 Å². The summed E-state index contributed by atoms with van der Waals surface area (Å²) < 4.78 is 4.14. The average Bonchev–Trinajstić information content (AvgIpc) is 3.61. The molecule has 1 aromatic carbocycles. The van der Waals surface area contributed by atoms with Crippen LogP contribution in [0.4, 0.5) is 4.79 Å². The molecule has 6 heterocycles. The Bertz CT molecular complexity index is 1700. The number of pyridine rings is 1. The zero-order valence-corrected chi connectivity index (χ0v) is 21.0. The van der Waals surface area contributed by atoms with Crippen molar-refractivity contribution in [2.45, 2.75) is 32.4 Å². The number of imidazole rings is 1. The predicted molar refractivity (Wildman–Crippen MR) is 143 cm³/mol. The van der Waals surface area contributed by atoms with Gasteiger partial charge in [0, 0.05) is 68.2 Å². The Kier molecular flexibility index (Phi) is 5.22. The van der Waals surface area contributed by atoms with Crippen LogP contribution in [0.5, 0.6) is 0 Å². The minimum Gasteiger partial charge on any atom is -0.348 e. The number of nitrogens with zero attached hydrogens (tertiary/aromatic N) is 6. The second kappa shape index (κ2) is 8.77. The summed E-state index contributed by atoms with van der Waals surface area (Å²) in [7, 11) is 0. The van der Waals surface area contributed by atoms with Gasteiger partial charge in [-0.3, -0.25) is 9.20 Å². The minimum atomic E-state index is -0.132. The zero-order valence-electron chi connectivity index (χ0n) is 21.0. The molecule has 38 heavy (non-hydrogen) atoms. The molecule has 3 aromatic heterocycles. The fourth-order valence-electron chi connectivity index (χ4n) is 6.19. The summed E-state index contributed by atoms with van der Waals surface area (Å²) in [6, 6.07) is 11.9. The third-order valence-corrected chi connectivity index (χ3v) is 8.00. The molecule has 0 aliphatic carbocycles. The van der Waals surface area contributed by atoms with Crippen LogP contribution in [0.2, 0.25) is 0 Å². The Morgan fingerprint density at radius 3 is 2.76 bits per heavy atom. The lowest BCUT2D eigenvalue weighted by molar-refractivity contribution is -0.114. The number of hydrogen-bond acceptors (Lipinski definition) is 4. The number of nitrogens with one attached hydrogen (secondary N) is 1. The molecular formula is C29H27N7O2. The van der Waals surface area contributed by atoms with Crippen molar-refractivity contribution in [3.05, 3.63) is 71.3 Å². The number of benzene rings is 1. The van der Waals surface area contributed by atoms with E-state index in [-0.39, 0.29) is 11.9 Å². The quantitative estimate of drug-likeness (QED) is 0.450. The van der Waals surface area contributed by atoms with E-state index in [0.29, 0.717) is 37.3 Å². The number of hydrogen-bond donors (Lipinski definition) is 1. The molecule has 3 aliphatic rings. The van der Waals surface area contributed by atoms with Gasteiger partial charge in [0.1, 0.15) is 5.65 Å². The van der Waals surface area contributed by atoms with Crippen LogP contribution in [0.25, 0.3) is 27.7 Å². The SMILES string of the molecule is N#Cc1cc2c3c(c1)c(C1=C(c4cnc5ccccn45)CNC1=O)cn3CCN(C(=O)N1CCCCC1)C2. The largest absolute Gasteiger partial charge is 0.348 e. The molecule has 0 atom stereocenters. The number of likely N-dealkylation sites (tertiary alicyclic amines) is 1. The molecule has 0 spiro atoms. The van der Waals surface area contributed by atoms with Crippen LogP contribution < -0.4 is 5.32 Å². The van der Waals surface area contributed by atoms with Crippen molar-refractivity contribution in [3.63, 3.8) is 0 Å². The van der Waals surface area contributed by atoms with E-state index in [1.807, 2.05) is 63.1 Å². The van der Waals surface area contributed by atoms with Crippen LogP contribution in [0.3, 0.4) is 0 Å². The van der Waals surface area contributed by atoms with Crippen molar-refractivity contribution in [3.8, 4) is 6.07 Å². The number of nitriles is 1. The third kappa shape index (κ3) is 3.48. The molecule has 4 aromatic rings. The number of amides is 3. The van der Waals surface area contributed by atoms with Crippen LogP contribution in [0.15, 0.2) is 48.9 Å². The average molecular weight is 506 g/mol. The maximum atomic E-state index is 13.4. The minimum absolute atomic E-state index is 0.0685. The molecule has 9 nitrogen and oxygen atoms in total. The van der Waals surface area contributed by atoms with Gasteiger partial charge in [-0.25, -0.2) is 9.78 Å². The highest BCUT2D eigenvalue weighted by Crippen LogP contribution is 2.38. The van der Waals surface area contributed by atoms with Crippen LogP contribution in [-0.2, 0) is 17.9 Å². The van der Waals surface area contributed by atoms with Crippen LogP contribution in [0, 0.1) is 11.3 Å². The first-order valence-corrected chi connectivity index (χ1v) is 13.2. The van der Waals surface area contributed by atoms with Crippen LogP contribution in [-0.4, -0.2) is 61.9 Å². The van der Waals surface area contributed by atoms with Gasteiger partial charge in [-0.05, 0) is 49.1 Å².